The van der Waals surface area contributed by atoms with Crippen LogP contribution in [0.3, 0.4) is 0 Å². The van der Waals surface area contributed by atoms with Crippen LogP contribution in [-0.2, 0) is 0 Å². The highest BCUT2D eigenvalue weighted by Crippen LogP contribution is 2.22. The SMILES string of the molecule is COc1ccnc(C(=O)N2CC(Oc3cccc(Cl)c3)C2)c1. The second kappa shape index (κ2) is 6.23. The van der Waals surface area contributed by atoms with E-state index in [0.717, 1.165) is 0 Å². The van der Waals surface area contributed by atoms with Crippen molar-refractivity contribution in [2.45, 2.75) is 6.10 Å². The van der Waals surface area contributed by atoms with Gasteiger partial charge in [0.1, 0.15) is 23.3 Å². The molecule has 5 nitrogen and oxygen atoms in total. The molecule has 0 aliphatic carbocycles. The van der Waals surface area contributed by atoms with Gasteiger partial charge in [0, 0.05) is 17.3 Å². The monoisotopic (exact) mass is 318 g/mol. The molecule has 6 heteroatoms. The van der Waals surface area contributed by atoms with E-state index in [1.807, 2.05) is 12.1 Å². The molecule has 1 saturated heterocycles. The number of ether oxygens (including phenoxy) is 2. The van der Waals surface area contributed by atoms with E-state index in [0.29, 0.717) is 35.3 Å². The maximum atomic E-state index is 12.3. The Bertz CT molecular complexity index is 687. The molecule has 1 aromatic carbocycles. The van der Waals surface area contributed by atoms with E-state index in [1.165, 1.54) is 0 Å². The van der Waals surface area contributed by atoms with E-state index in [1.54, 1.807) is 42.5 Å². The van der Waals surface area contributed by atoms with Crippen LogP contribution in [-0.4, -0.2) is 42.1 Å². The van der Waals surface area contributed by atoms with Gasteiger partial charge in [-0.3, -0.25) is 9.78 Å². The van der Waals surface area contributed by atoms with E-state index in [9.17, 15) is 4.79 Å². The Morgan fingerprint density at radius 3 is 2.82 bits per heavy atom. The Hall–Kier alpha value is -2.27. The zero-order valence-corrected chi connectivity index (χ0v) is 12.8. The molecule has 0 radical (unpaired) electrons. The van der Waals surface area contributed by atoms with Crippen LogP contribution in [0.1, 0.15) is 10.5 Å². The summed E-state index contributed by atoms with van der Waals surface area (Å²) < 4.78 is 10.9. The molecule has 0 atom stereocenters. The van der Waals surface area contributed by atoms with Crippen molar-refractivity contribution < 1.29 is 14.3 Å². The van der Waals surface area contributed by atoms with Crippen LogP contribution in [0.4, 0.5) is 0 Å². The summed E-state index contributed by atoms with van der Waals surface area (Å²) in [6, 6.07) is 10.6. The topological polar surface area (TPSA) is 51.7 Å². The van der Waals surface area contributed by atoms with E-state index < -0.39 is 0 Å². The summed E-state index contributed by atoms with van der Waals surface area (Å²) in [7, 11) is 1.56. The molecular weight excluding hydrogens is 304 g/mol. The minimum atomic E-state index is -0.121. The number of nitrogens with zero attached hydrogens (tertiary/aromatic N) is 2. The fraction of sp³-hybridized carbons (Fsp3) is 0.250. The molecule has 1 fully saturated rings. The molecule has 1 aliphatic rings. The molecule has 114 valence electrons. The number of hydrogen-bond donors (Lipinski definition) is 0. The predicted octanol–water partition coefficient (Wildman–Crippen LogP) is 2.65. The third kappa shape index (κ3) is 3.14. The first kappa shape index (κ1) is 14.7. The Balaban J connectivity index is 1.57. The van der Waals surface area contributed by atoms with Crippen molar-refractivity contribution in [3.05, 3.63) is 53.3 Å². The highest BCUT2D eigenvalue weighted by molar-refractivity contribution is 6.30. The molecule has 3 rings (SSSR count). The van der Waals surface area contributed by atoms with E-state index in [-0.39, 0.29) is 12.0 Å². The number of pyridine rings is 1. The summed E-state index contributed by atoms with van der Waals surface area (Å²) in [6.45, 7) is 1.06. The number of hydrogen-bond acceptors (Lipinski definition) is 4. The van der Waals surface area contributed by atoms with E-state index >= 15 is 0 Å². The van der Waals surface area contributed by atoms with Gasteiger partial charge in [0.15, 0.2) is 0 Å². The predicted molar refractivity (Wildman–Crippen MR) is 82.6 cm³/mol. The smallest absolute Gasteiger partial charge is 0.272 e. The van der Waals surface area contributed by atoms with Crippen molar-refractivity contribution in [2.75, 3.05) is 20.2 Å². The second-order valence-corrected chi connectivity index (χ2v) is 5.42. The lowest BCUT2D eigenvalue weighted by Gasteiger charge is -2.38. The van der Waals surface area contributed by atoms with Crippen molar-refractivity contribution in [2.24, 2.45) is 0 Å². The minimum absolute atomic E-state index is 0.0203. The van der Waals surface area contributed by atoms with Crippen molar-refractivity contribution in [3.8, 4) is 11.5 Å². The van der Waals surface area contributed by atoms with Gasteiger partial charge in [0.2, 0.25) is 0 Å². The molecule has 1 aromatic heterocycles. The number of likely N-dealkylation sites (tertiary alicyclic amines) is 1. The molecule has 0 saturated carbocycles. The fourth-order valence-corrected chi connectivity index (χ4v) is 2.41. The number of carbonyl (C=O) groups excluding carboxylic acids is 1. The van der Waals surface area contributed by atoms with Gasteiger partial charge < -0.3 is 14.4 Å². The highest BCUT2D eigenvalue weighted by Gasteiger charge is 2.33. The summed E-state index contributed by atoms with van der Waals surface area (Å²) in [6.07, 6.45) is 1.54. The average Bonchev–Trinajstić information content (AvgIpc) is 2.50. The molecule has 0 bridgehead atoms. The number of benzene rings is 1. The van der Waals surface area contributed by atoms with Gasteiger partial charge in [-0.05, 0) is 24.3 Å². The van der Waals surface area contributed by atoms with Crippen molar-refractivity contribution in [3.63, 3.8) is 0 Å². The normalized spacial score (nSPS) is 14.4. The van der Waals surface area contributed by atoms with Gasteiger partial charge in [0.25, 0.3) is 5.91 Å². The molecule has 0 unspecified atom stereocenters. The third-order valence-electron chi connectivity index (χ3n) is 3.42. The molecule has 2 aromatic rings. The van der Waals surface area contributed by atoms with E-state index in [4.69, 9.17) is 21.1 Å². The lowest BCUT2D eigenvalue weighted by molar-refractivity contribution is 0.0173. The zero-order chi connectivity index (χ0) is 15.5. The molecule has 0 spiro atoms. The van der Waals surface area contributed by atoms with Crippen LogP contribution in [0, 0.1) is 0 Å². The van der Waals surface area contributed by atoms with Gasteiger partial charge in [-0.1, -0.05) is 17.7 Å². The minimum Gasteiger partial charge on any atom is -0.497 e. The Morgan fingerprint density at radius 1 is 1.27 bits per heavy atom. The number of rotatable bonds is 4. The van der Waals surface area contributed by atoms with Gasteiger partial charge in [-0.25, -0.2) is 0 Å². The zero-order valence-electron chi connectivity index (χ0n) is 12.0. The number of carbonyl (C=O) groups is 1. The van der Waals surface area contributed by atoms with E-state index in [2.05, 4.69) is 4.98 Å². The van der Waals surface area contributed by atoms with Crippen LogP contribution in [0.2, 0.25) is 5.02 Å². The molecule has 2 heterocycles. The molecular formula is C16H15ClN2O3. The molecule has 22 heavy (non-hydrogen) atoms. The third-order valence-corrected chi connectivity index (χ3v) is 3.66. The van der Waals surface area contributed by atoms with Crippen molar-refractivity contribution in [1.82, 2.24) is 9.88 Å². The average molecular weight is 319 g/mol. The molecule has 1 amide bonds. The van der Waals surface area contributed by atoms with Gasteiger partial charge in [0.05, 0.1) is 20.2 Å². The lowest BCUT2D eigenvalue weighted by Crippen LogP contribution is -2.56. The number of amides is 1. The van der Waals surface area contributed by atoms with Crippen LogP contribution < -0.4 is 9.47 Å². The fourth-order valence-electron chi connectivity index (χ4n) is 2.23. The quantitative estimate of drug-likeness (QED) is 0.869. The first-order chi connectivity index (χ1) is 10.7. The Morgan fingerprint density at radius 2 is 2.09 bits per heavy atom. The number of methoxy groups -OCH3 is 1. The van der Waals surface area contributed by atoms with Crippen molar-refractivity contribution in [1.29, 1.82) is 0 Å². The summed E-state index contributed by atoms with van der Waals surface area (Å²) in [5.41, 5.74) is 0.376. The van der Waals surface area contributed by atoms with Crippen LogP contribution in [0.15, 0.2) is 42.6 Å². The number of halogens is 1. The van der Waals surface area contributed by atoms with Crippen LogP contribution in [0.25, 0.3) is 0 Å². The highest BCUT2D eigenvalue weighted by atomic mass is 35.5. The first-order valence-electron chi connectivity index (χ1n) is 6.87. The maximum Gasteiger partial charge on any atom is 0.272 e. The van der Waals surface area contributed by atoms with Gasteiger partial charge in [-0.2, -0.15) is 0 Å². The van der Waals surface area contributed by atoms with Gasteiger partial charge >= 0.3 is 0 Å². The maximum absolute atomic E-state index is 12.3. The Labute approximate surface area is 133 Å². The van der Waals surface area contributed by atoms with Crippen molar-refractivity contribution >= 4 is 17.5 Å². The summed E-state index contributed by atoms with van der Waals surface area (Å²) in [4.78, 5) is 18.1. The van der Waals surface area contributed by atoms with Gasteiger partial charge in [-0.15, -0.1) is 0 Å². The standard InChI is InChI=1S/C16H15ClN2O3/c1-21-12-5-6-18-15(8-12)16(20)19-9-14(10-19)22-13-4-2-3-11(17)7-13/h2-8,14H,9-10H2,1H3. The summed E-state index contributed by atoms with van der Waals surface area (Å²) in [5.74, 6) is 1.21. The molecule has 1 aliphatic heterocycles. The summed E-state index contributed by atoms with van der Waals surface area (Å²) in [5, 5.41) is 0.630. The largest absolute Gasteiger partial charge is 0.497 e. The van der Waals surface area contributed by atoms with Crippen LogP contribution >= 0.6 is 11.6 Å². The second-order valence-electron chi connectivity index (χ2n) is 4.99. The summed E-state index contributed by atoms with van der Waals surface area (Å²) >= 11 is 5.91. The first-order valence-corrected chi connectivity index (χ1v) is 7.25. The number of aromatic nitrogens is 1. The molecule has 0 N–H and O–H groups in total. The lowest BCUT2D eigenvalue weighted by atomic mass is 10.1. The Kier molecular flexibility index (Phi) is 4.15. The van der Waals surface area contributed by atoms with Crippen LogP contribution in [0.5, 0.6) is 11.5 Å².